The molecule has 2 N–H and O–H groups in total. The molecule has 7 aromatic rings. The summed E-state index contributed by atoms with van der Waals surface area (Å²) in [5.74, 6) is 1.05. The molecule has 0 spiro atoms. The lowest BCUT2D eigenvalue weighted by Gasteiger charge is -2.37. The minimum Gasteiger partial charge on any atom is -0.497 e. The summed E-state index contributed by atoms with van der Waals surface area (Å²) in [6.07, 6.45) is 0.619. The summed E-state index contributed by atoms with van der Waals surface area (Å²) < 4.78 is 51.8. The van der Waals surface area contributed by atoms with Crippen molar-refractivity contribution in [2.45, 2.75) is 23.9 Å². The molecule has 1 fully saturated rings. The molecular formula is C44H39ClN5O9P. The Morgan fingerprint density at radius 3 is 2.07 bits per heavy atom. The van der Waals surface area contributed by atoms with E-state index in [1.807, 2.05) is 84.9 Å². The van der Waals surface area contributed by atoms with E-state index < -0.39 is 31.7 Å². The second-order valence-corrected chi connectivity index (χ2v) is 15.4. The van der Waals surface area contributed by atoms with Crippen molar-refractivity contribution in [1.29, 1.82) is 0 Å². The number of nitrogens with zero attached hydrogens (tertiary/aromatic N) is 4. The van der Waals surface area contributed by atoms with Gasteiger partial charge < -0.3 is 33.4 Å². The third kappa shape index (κ3) is 8.34. The molecule has 5 aromatic carbocycles. The Morgan fingerprint density at radius 1 is 0.833 bits per heavy atom. The van der Waals surface area contributed by atoms with Crippen LogP contribution < -0.4 is 19.3 Å². The van der Waals surface area contributed by atoms with Crippen molar-refractivity contribution in [2.24, 2.45) is 0 Å². The number of amides is 1. The fraction of sp³-hybridized carbons (Fsp3) is 0.182. The summed E-state index contributed by atoms with van der Waals surface area (Å²) in [4.78, 5) is 37.8. The third-order valence-corrected chi connectivity index (χ3v) is 11.4. The highest BCUT2D eigenvalue weighted by molar-refractivity contribution is 7.47. The van der Waals surface area contributed by atoms with Crippen LogP contribution in [-0.2, 0) is 24.2 Å². The van der Waals surface area contributed by atoms with Crippen molar-refractivity contribution in [3.63, 3.8) is 0 Å². The second-order valence-electron chi connectivity index (χ2n) is 13.7. The predicted octanol–water partition coefficient (Wildman–Crippen LogP) is 8.26. The number of aromatic nitrogens is 4. The molecule has 8 rings (SSSR count). The lowest BCUT2D eigenvalue weighted by Crippen LogP contribution is -2.40. The maximum absolute atomic E-state index is 13.9. The lowest BCUT2D eigenvalue weighted by molar-refractivity contribution is -0.0690. The molecule has 306 valence electrons. The van der Waals surface area contributed by atoms with E-state index in [4.69, 9.17) is 39.6 Å². The average Bonchev–Trinajstić information content (AvgIpc) is 3.89. The molecule has 1 aliphatic rings. The van der Waals surface area contributed by atoms with Crippen LogP contribution in [0, 0.1) is 0 Å². The van der Waals surface area contributed by atoms with Gasteiger partial charge in [0, 0.05) is 5.56 Å². The molecule has 1 amide bonds. The number of fused-ring (bicyclic) bond motifs is 1. The molecule has 0 radical (unpaired) electrons. The number of anilines is 1. The minimum absolute atomic E-state index is 0.0185. The van der Waals surface area contributed by atoms with Gasteiger partial charge in [0.1, 0.15) is 41.4 Å². The molecule has 2 aromatic heterocycles. The van der Waals surface area contributed by atoms with Crippen LogP contribution in [-0.4, -0.2) is 70.0 Å². The Morgan fingerprint density at radius 2 is 1.43 bits per heavy atom. The van der Waals surface area contributed by atoms with Gasteiger partial charge in [0.25, 0.3) is 5.91 Å². The van der Waals surface area contributed by atoms with Gasteiger partial charge in [-0.2, -0.15) is 0 Å². The molecule has 16 heteroatoms. The second kappa shape index (κ2) is 17.6. The Balaban J connectivity index is 1.18. The topological polar surface area (TPSA) is 165 Å². The van der Waals surface area contributed by atoms with Crippen molar-refractivity contribution in [3.8, 4) is 17.2 Å². The number of hydrogen-bond donors (Lipinski definition) is 2. The van der Waals surface area contributed by atoms with Crippen LogP contribution in [0.3, 0.4) is 0 Å². The molecule has 1 saturated heterocycles. The van der Waals surface area contributed by atoms with Gasteiger partial charge in [-0.1, -0.05) is 96.5 Å². The van der Waals surface area contributed by atoms with Crippen LogP contribution in [0.1, 0.15) is 33.1 Å². The molecule has 0 saturated carbocycles. The van der Waals surface area contributed by atoms with Crippen molar-refractivity contribution >= 4 is 42.3 Å². The van der Waals surface area contributed by atoms with Gasteiger partial charge in [-0.3, -0.25) is 14.2 Å². The lowest BCUT2D eigenvalue weighted by atomic mass is 9.80. The maximum Gasteiger partial charge on any atom is 0.527 e. The first-order valence-electron chi connectivity index (χ1n) is 18.8. The van der Waals surface area contributed by atoms with Crippen molar-refractivity contribution in [1.82, 2.24) is 19.5 Å². The van der Waals surface area contributed by atoms with Crippen LogP contribution in [0.25, 0.3) is 11.2 Å². The van der Waals surface area contributed by atoms with E-state index in [1.165, 1.54) is 24.8 Å². The zero-order valence-electron chi connectivity index (χ0n) is 32.3. The molecule has 14 nitrogen and oxygen atoms in total. The number of imidazole rings is 1. The van der Waals surface area contributed by atoms with E-state index >= 15 is 0 Å². The number of phosphoric acid groups is 1. The SMILES string of the molecule is COc1ccc(C(OC[C@H]2OC[C@@H](n3cnc4c(NC(=O)c5ccccc5)ncnc43)[C@@H]2OP(=O)(O)Oc2ccccc2Cl)(c2ccccc2)c2ccc(OC)cc2)cc1. The van der Waals surface area contributed by atoms with Crippen LogP contribution in [0.5, 0.6) is 17.2 Å². The number of methoxy groups -OCH3 is 2. The van der Waals surface area contributed by atoms with Crippen LogP contribution >= 0.6 is 19.4 Å². The maximum atomic E-state index is 13.9. The molecule has 60 heavy (non-hydrogen) atoms. The summed E-state index contributed by atoms with van der Waals surface area (Å²) in [6, 6.07) is 38.9. The smallest absolute Gasteiger partial charge is 0.497 e. The predicted molar refractivity (Wildman–Crippen MR) is 224 cm³/mol. The Kier molecular flexibility index (Phi) is 11.9. The van der Waals surface area contributed by atoms with Crippen molar-refractivity contribution in [2.75, 3.05) is 32.8 Å². The van der Waals surface area contributed by atoms with E-state index in [-0.39, 0.29) is 41.2 Å². The highest BCUT2D eigenvalue weighted by Gasteiger charge is 2.47. The fourth-order valence-electron chi connectivity index (χ4n) is 7.23. The van der Waals surface area contributed by atoms with E-state index in [0.29, 0.717) is 22.7 Å². The number of phosphoric ester groups is 1. The number of carbonyl (C=O) groups is 1. The standard InChI is InChI=1S/C44H39ClN5O9P/c1-54-33-21-17-31(18-22-33)44(30-13-7-4-8-14-30,32-19-23-34(55-2)24-20-32)57-26-38-40(59-60(52,53)58-37-16-10-9-15-35(37)45)36(25-56-38)50-28-48-39-41(46-27-47-42(39)50)49-43(51)29-11-5-3-6-12-29/h3-24,27-28,36,38,40H,25-26H2,1-2H3,(H,52,53)(H,46,47,49,51)/t36-,38-,40+/m1/s1. The number of halogens is 1. The van der Waals surface area contributed by atoms with Gasteiger partial charge in [0.15, 0.2) is 17.0 Å². The highest BCUT2D eigenvalue weighted by Crippen LogP contribution is 2.51. The Bertz CT molecular complexity index is 2570. The van der Waals surface area contributed by atoms with Gasteiger partial charge in [-0.25, -0.2) is 19.5 Å². The molecule has 4 atom stereocenters. The van der Waals surface area contributed by atoms with Gasteiger partial charge in [-0.15, -0.1) is 0 Å². The van der Waals surface area contributed by atoms with Crippen LogP contribution in [0.2, 0.25) is 5.02 Å². The van der Waals surface area contributed by atoms with Crippen molar-refractivity contribution in [3.05, 3.63) is 173 Å². The van der Waals surface area contributed by atoms with Crippen LogP contribution in [0.4, 0.5) is 5.82 Å². The fourth-order valence-corrected chi connectivity index (χ4v) is 8.50. The molecule has 1 aliphatic heterocycles. The molecular weight excluding hydrogens is 809 g/mol. The summed E-state index contributed by atoms with van der Waals surface area (Å²) in [5, 5.41) is 2.93. The first-order chi connectivity index (χ1) is 29.2. The summed E-state index contributed by atoms with van der Waals surface area (Å²) in [5.41, 5.74) is 2.10. The zero-order chi connectivity index (χ0) is 41.7. The van der Waals surface area contributed by atoms with Gasteiger partial charge in [0.05, 0.1) is 44.8 Å². The first-order valence-corrected chi connectivity index (χ1v) is 20.7. The summed E-state index contributed by atoms with van der Waals surface area (Å²) >= 11 is 6.32. The van der Waals surface area contributed by atoms with E-state index in [9.17, 15) is 14.3 Å². The van der Waals surface area contributed by atoms with Gasteiger partial charge in [-0.05, 0) is 65.2 Å². The number of hydrogen-bond acceptors (Lipinski definition) is 11. The number of ether oxygens (including phenoxy) is 4. The Hall–Kier alpha value is -6.12. The third-order valence-electron chi connectivity index (χ3n) is 10.2. The highest BCUT2D eigenvalue weighted by atomic mass is 35.5. The zero-order valence-corrected chi connectivity index (χ0v) is 34.0. The van der Waals surface area contributed by atoms with Gasteiger partial charge >= 0.3 is 7.82 Å². The molecule has 0 bridgehead atoms. The molecule has 0 aliphatic carbocycles. The molecule has 3 heterocycles. The number of para-hydroxylation sites is 1. The quantitative estimate of drug-likeness (QED) is 0.0751. The normalized spacial score (nSPS) is 17.5. The number of nitrogens with one attached hydrogen (secondary N) is 1. The van der Waals surface area contributed by atoms with E-state index in [0.717, 1.165) is 16.7 Å². The number of rotatable bonds is 15. The Labute approximate surface area is 350 Å². The average molecular weight is 848 g/mol. The summed E-state index contributed by atoms with van der Waals surface area (Å²) in [7, 11) is -1.72. The summed E-state index contributed by atoms with van der Waals surface area (Å²) in [6.45, 7) is -0.171. The van der Waals surface area contributed by atoms with E-state index in [2.05, 4.69) is 20.3 Å². The largest absolute Gasteiger partial charge is 0.527 e. The monoisotopic (exact) mass is 847 g/mol. The number of benzene rings is 5. The van der Waals surface area contributed by atoms with Crippen molar-refractivity contribution < 1.29 is 42.2 Å². The number of carbonyl (C=O) groups excluding carboxylic acids is 1. The van der Waals surface area contributed by atoms with E-state index in [1.54, 1.807) is 55.2 Å². The molecule has 1 unspecified atom stereocenters. The minimum atomic E-state index is -4.92. The van der Waals surface area contributed by atoms with Gasteiger partial charge in [0.2, 0.25) is 0 Å². The van der Waals surface area contributed by atoms with Crippen LogP contribution in [0.15, 0.2) is 146 Å². The first kappa shape index (κ1) is 40.7.